The largest absolute Gasteiger partial charge is 0.416 e. The first kappa shape index (κ1) is 23.4. The Balaban J connectivity index is 1.53. The van der Waals surface area contributed by atoms with E-state index in [2.05, 4.69) is 10.3 Å². The van der Waals surface area contributed by atoms with Crippen molar-refractivity contribution >= 4 is 23.0 Å². The Morgan fingerprint density at radius 3 is 2.33 bits per heavy atom. The summed E-state index contributed by atoms with van der Waals surface area (Å²) < 4.78 is 41.0. The molecule has 0 radical (unpaired) electrons. The number of piperidine rings is 1. The van der Waals surface area contributed by atoms with Crippen LogP contribution in [-0.4, -0.2) is 28.1 Å². The SMILES string of the molecule is CC(C)(C)n1sc(-c2ccccc2)c(NC2CCN(c3cc(C(F)(F)F)ccn3)CC2)c1=O. The number of hydrogen-bond acceptors (Lipinski definition) is 5. The van der Waals surface area contributed by atoms with Gasteiger partial charge in [-0.2, -0.15) is 13.2 Å². The Bertz CT molecular complexity index is 1160. The molecule has 5 nitrogen and oxygen atoms in total. The molecule has 0 unspecified atom stereocenters. The molecule has 2 aromatic heterocycles. The first-order valence-corrected chi connectivity index (χ1v) is 11.7. The smallest absolute Gasteiger partial charge is 0.376 e. The van der Waals surface area contributed by atoms with Crippen molar-refractivity contribution < 1.29 is 13.2 Å². The van der Waals surface area contributed by atoms with Crippen LogP contribution in [0.2, 0.25) is 0 Å². The summed E-state index contributed by atoms with van der Waals surface area (Å²) in [6, 6.07) is 12.0. The second kappa shape index (κ2) is 8.85. The van der Waals surface area contributed by atoms with Crippen molar-refractivity contribution in [2.24, 2.45) is 0 Å². The highest BCUT2D eigenvalue weighted by Gasteiger charge is 2.32. The molecule has 1 fully saturated rings. The molecule has 1 aliphatic heterocycles. The summed E-state index contributed by atoms with van der Waals surface area (Å²) in [6.07, 6.45) is -1.81. The summed E-state index contributed by atoms with van der Waals surface area (Å²) in [6.45, 7) is 7.13. The third-order valence-corrected chi connectivity index (χ3v) is 7.21. The second-order valence-corrected chi connectivity index (χ2v) is 10.2. The first-order chi connectivity index (χ1) is 15.5. The molecule has 4 rings (SSSR count). The Hall–Kier alpha value is -2.81. The zero-order valence-corrected chi connectivity index (χ0v) is 19.6. The Labute approximate surface area is 195 Å². The third kappa shape index (κ3) is 5.08. The number of aromatic nitrogens is 2. The van der Waals surface area contributed by atoms with Crippen LogP contribution in [0.1, 0.15) is 39.2 Å². The van der Waals surface area contributed by atoms with Crippen molar-refractivity contribution in [1.82, 2.24) is 8.94 Å². The minimum atomic E-state index is -4.39. The predicted molar refractivity (Wildman–Crippen MR) is 127 cm³/mol. The van der Waals surface area contributed by atoms with Crippen LogP contribution in [0.15, 0.2) is 53.5 Å². The highest BCUT2D eigenvalue weighted by molar-refractivity contribution is 7.11. The molecular weight excluding hydrogens is 449 g/mol. The first-order valence-electron chi connectivity index (χ1n) is 10.9. The lowest BCUT2D eigenvalue weighted by molar-refractivity contribution is -0.137. The average molecular weight is 477 g/mol. The normalized spacial score (nSPS) is 15.6. The molecule has 9 heteroatoms. The fourth-order valence-corrected chi connectivity index (χ4v) is 5.07. The molecule has 0 spiro atoms. The fourth-order valence-electron chi connectivity index (χ4n) is 3.96. The van der Waals surface area contributed by atoms with E-state index in [0.717, 1.165) is 22.6 Å². The van der Waals surface area contributed by atoms with Gasteiger partial charge >= 0.3 is 6.18 Å². The average Bonchev–Trinajstić information content (AvgIpc) is 3.11. The summed E-state index contributed by atoms with van der Waals surface area (Å²) in [7, 11) is 0. The Kier molecular flexibility index (Phi) is 6.26. The van der Waals surface area contributed by atoms with Gasteiger partial charge in [0.15, 0.2) is 0 Å². The Morgan fingerprint density at radius 2 is 1.73 bits per heavy atom. The number of halogens is 3. The van der Waals surface area contributed by atoms with E-state index >= 15 is 0 Å². The lowest BCUT2D eigenvalue weighted by atomic mass is 10.0. The van der Waals surface area contributed by atoms with Gasteiger partial charge in [-0.3, -0.25) is 8.75 Å². The number of benzene rings is 1. The minimum Gasteiger partial charge on any atom is -0.376 e. The van der Waals surface area contributed by atoms with E-state index < -0.39 is 11.7 Å². The molecule has 0 bridgehead atoms. The third-order valence-electron chi connectivity index (χ3n) is 5.69. The van der Waals surface area contributed by atoms with Gasteiger partial charge in [0, 0.05) is 25.3 Å². The quantitative estimate of drug-likeness (QED) is 0.515. The number of hydrogen-bond donors (Lipinski definition) is 1. The van der Waals surface area contributed by atoms with Crippen molar-refractivity contribution in [3.05, 3.63) is 64.6 Å². The molecular formula is C24H27F3N4OS. The van der Waals surface area contributed by atoms with E-state index in [1.165, 1.54) is 17.7 Å². The number of nitrogens with zero attached hydrogens (tertiary/aromatic N) is 3. The molecule has 1 N–H and O–H groups in total. The maximum absolute atomic E-state index is 13.3. The van der Waals surface area contributed by atoms with Gasteiger partial charge in [0.2, 0.25) is 0 Å². The van der Waals surface area contributed by atoms with E-state index in [-0.39, 0.29) is 17.1 Å². The molecule has 0 saturated carbocycles. The molecule has 1 aromatic carbocycles. The van der Waals surface area contributed by atoms with Gasteiger partial charge in [-0.05, 0) is 51.3 Å². The van der Waals surface area contributed by atoms with Crippen LogP contribution in [0.4, 0.5) is 24.7 Å². The maximum atomic E-state index is 13.3. The highest BCUT2D eigenvalue weighted by Crippen LogP contribution is 2.35. The standard InChI is InChI=1S/C24H27F3N4OS/c1-23(2,3)31-22(32)20(21(33-31)16-7-5-4-6-8-16)29-18-10-13-30(14-11-18)19-15-17(9-12-28-19)24(25,26)27/h4-9,12,15,18,29H,10-11,13-14H2,1-3H3. The van der Waals surface area contributed by atoms with Crippen LogP contribution in [0.3, 0.4) is 0 Å². The molecule has 3 heterocycles. The molecule has 0 atom stereocenters. The van der Waals surface area contributed by atoms with Gasteiger partial charge in [0.05, 0.1) is 16.0 Å². The van der Waals surface area contributed by atoms with Crippen molar-refractivity contribution in [3.63, 3.8) is 0 Å². The number of rotatable bonds is 4. The van der Waals surface area contributed by atoms with E-state index in [9.17, 15) is 18.0 Å². The van der Waals surface area contributed by atoms with E-state index in [4.69, 9.17) is 0 Å². The topological polar surface area (TPSA) is 50.2 Å². The van der Waals surface area contributed by atoms with E-state index in [1.54, 1.807) is 3.96 Å². The monoisotopic (exact) mass is 476 g/mol. The molecule has 176 valence electrons. The van der Waals surface area contributed by atoms with Crippen molar-refractivity contribution in [1.29, 1.82) is 0 Å². The molecule has 33 heavy (non-hydrogen) atoms. The number of pyridine rings is 1. The zero-order chi connectivity index (χ0) is 23.8. The summed E-state index contributed by atoms with van der Waals surface area (Å²) in [5.74, 6) is 0.332. The lowest BCUT2D eigenvalue weighted by Gasteiger charge is -2.33. The Morgan fingerprint density at radius 1 is 1.06 bits per heavy atom. The van der Waals surface area contributed by atoms with Gasteiger partial charge in [-0.1, -0.05) is 41.9 Å². The van der Waals surface area contributed by atoms with Crippen LogP contribution in [0, 0.1) is 0 Å². The lowest BCUT2D eigenvalue weighted by Crippen LogP contribution is -2.40. The maximum Gasteiger partial charge on any atom is 0.416 e. The van der Waals surface area contributed by atoms with Crippen LogP contribution in [-0.2, 0) is 11.7 Å². The number of anilines is 2. The summed E-state index contributed by atoms with van der Waals surface area (Å²) in [5.41, 5.74) is 0.492. The van der Waals surface area contributed by atoms with Gasteiger partial charge < -0.3 is 10.2 Å². The van der Waals surface area contributed by atoms with Crippen LogP contribution >= 0.6 is 11.5 Å². The summed E-state index contributed by atoms with van der Waals surface area (Å²) in [5, 5.41) is 3.47. The van der Waals surface area contributed by atoms with Gasteiger partial charge in [-0.15, -0.1) is 0 Å². The minimum absolute atomic E-state index is 0.0465. The van der Waals surface area contributed by atoms with Crippen molar-refractivity contribution in [3.8, 4) is 10.4 Å². The highest BCUT2D eigenvalue weighted by atomic mass is 32.1. The van der Waals surface area contributed by atoms with Crippen molar-refractivity contribution in [2.45, 2.75) is 51.4 Å². The van der Waals surface area contributed by atoms with Gasteiger partial charge in [-0.25, -0.2) is 4.98 Å². The molecule has 1 saturated heterocycles. The van der Waals surface area contributed by atoms with Crippen LogP contribution in [0.25, 0.3) is 10.4 Å². The van der Waals surface area contributed by atoms with Gasteiger partial charge in [0.1, 0.15) is 11.5 Å². The number of alkyl halides is 3. The summed E-state index contributed by atoms with van der Waals surface area (Å²) in [4.78, 5) is 20.2. The zero-order valence-electron chi connectivity index (χ0n) is 18.8. The summed E-state index contributed by atoms with van der Waals surface area (Å²) >= 11 is 1.45. The van der Waals surface area contributed by atoms with E-state index in [1.807, 2.05) is 56.0 Å². The molecule has 1 aliphatic rings. The molecule has 0 amide bonds. The van der Waals surface area contributed by atoms with Crippen LogP contribution < -0.4 is 15.8 Å². The molecule has 3 aromatic rings. The van der Waals surface area contributed by atoms with Crippen molar-refractivity contribution in [2.75, 3.05) is 23.3 Å². The van der Waals surface area contributed by atoms with Gasteiger partial charge in [0.25, 0.3) is 5.56 Å². The van der Waals surface area contributed by atoms with E-state index in [0.29, 0.717) is 37.4 Å². The number of nitrogens with one attached hydrogen (secondary N) is 1. The fraction of sp³-hybridized carbons (Fsp3) is 0.417. The second-order valence-electron chi connectivity index (χ2n) is 9.24. The van der Waals surface area contributed by atoms with Crippen LogP contribution in [0.5, 0.6) is 0 Å². The molecule has 0 aliphatic carbocycles. The predicted octanol–water partition coefficient (Wildman–Crippen LogP) is 5.83.